The maximum absolute atomic E-state index is 15.0. The number of alkyl halides is 3. The number of carbonyl (C=O) groups excluding carboxylic acids is 2. The third-order valence-corrected chi connectivity index (χ3v) is 5.47. The van der Waals surface area contributed by atoms with E-state index in [1.807, 2.05) is 0 Å². The number of nitrogen functional groups attached to an aromatic ring is 1. The molecule has 2 aromatic carbocycles. The highest BCUT2D eigenvalue weighted by Gasteiger charge is 2.31. The van der Waals surface area contributed by atoms with E-state index in [2.05, 4.69) is 20.7 Å². The lowest BCUT2D eigenvalue weighted by molar-refractivity contribution is -0.137. The molecule has 14 heteroatoms. The van der Waals surface area contributed by atoms with Crippen LogP contribution < -0.4 is 16.4 Å². The summed E-state index contributed by atoms with van der Waals surface area (Å²) in [6.45, 7) is 1.72. The van der Waals surface area contributed by atoms with Gasteiger partial charge in [0.2, 0.25) is 0 Å². The number of aromatic nitrogens is 3. The van der Waals surface area contributed by atoms with Crippen molar-refractivity contribution in [3.8, 4) is 11.1 Å². The molecule has 0 aliphatic carbocycles. The Balaban J connectivity index is 1.64. The van der Waals surface area contributed by atoms with Gasteiger partial charge in [0.1, 0.15) is 17.7 Å². The quantitative estimate of drug-likeness (QED) is 0.225. The molecule has 0 radical (unpaired) electrons. The van der Waals surface area contributed by atoms with Crippen molar-refractivity contribution >= 4 is 46.3 Å². The SMILES string of the molecule is CCOC(=O)c1cn2ncnc(N)c2c1-c1ccc(NC(=O)Nc2cc(C(F)(F)F)ccc2Cl)c(F)c1. The monoisotopic (exact) mass is 536 g/mol. The Morgan fingerprint density at radius 3 is 2.54 bits per heavy atom. The van der Waals surface area contributed by atoms with E-state index in [0.29, 0.717) is 6.07 Å². The maximum Gasteiger partial charge on any atom is 0.416 e. The second-order valence-electron chi connectivity index (χ2n) is 7.54. The van der Waals surface area contributed by atoms with Crippen molar-refractivity contribution in [2.45, 2.75) is 13.1 Å². The average molecular weight is 537 g/mol. The minimum atomic E-state index is -4.65. The van der Waals surface area contributed by atoms with E-state index in [1.165, 1.54) is 29.2 Å². The van der Waals surface area contributed by atoms with E-state index in [0.717, 1.165) is 18.2 Å². The molecule has 0 atom stereocenters. The number of fused-ring (bicyclic) bond motifs is 1. The Hall–Kier alpha value is -4.39. The lowest BCUT2D eigenvalue weighted by Gasteiger charge is -2.13. The third kappa shape index (κ3) is 5.26. The maximum atomic E-state index is 15.0. The molecule has 0 saturated carbocycles. The van der Waals surface area contributed by atoms with Crippen LogP contribution in [0.15, 0.2) is 48.9 Å². The first kappa shape index (κ1) is 25.7. The minimum Gasteiger partial charge on any atom is -0.462 e. The second-order valence-corrected chi connectivity index (χ2v) is 7.95. The number of anilines is 3. The van der Waals surface area contributed by atoms with E-state index in [4.69, 9.17) is 22.1 Å². The van der Waals surface area contributed by atoms with E-state index >= 15 is 4.39 Å². The van der Waals surface area contributed by atoms with Gasteiger partial charge < -0.3 is 21.1 Å². The smallest absolute Gasteiger partial charge is 0.416 e. The van der Waals surface area contributed by atoms with Crippen LogP contribution in [0.4, 0.5) is 39.5 Å². The molecular formula is C23H17ClF4N6O3. The summed E-state index contributed by atoms with van der Waals surface area (Å²) in [4.78, 5) is 28.8. The molecule has 2 heterocycles. The molecular weight excluding hydrogens is 520 g/mol. The van der Waals surface area contributed by atoms with Crippen LogP contribution in [0.25, 0.3) is 16.6 Å². The summed E-state index contributed by atoms with van der Waals surface area (Å²) >= 11 is 5.88. The number of nitrogens with zero attached hydrogens (tertiary/aromatic N) is 3. The number of hydrogen-bond acceptors (Lipinski definition) is 6. The van der Waals surface area contributed by atoms with Gasteiger partial charge in [0.15, 0.2) is 5.82 Å². The first-order valence-electron chi connectivity index (χ1n) is 10.5. The summed E-state index contributed by atoms with van der Waals surface area (Å²) in [5.41, 5.74) is 5.05. The standard InChI is InChI=1S/C23H17ClF4N6O3/c1-2-37-21(35)13-9-34-19(20(29)30-10-31-34)18(13)11-3-6-16(15(25)7-11)32-22(36)33-17-8-12(23(26,27)28)4-5-14(17)24/h3-10H,2H2,1H3,(H2,29,30,31)(H2,32,33,36). The normalized spacial score (nSPS) is 11.4. The number of halogens is 5. The number of benzene rings is 2. The fraction of sp³-hybridized carbons (Fsp3) is 0.130. The van der Waals surface area contributed by atoms with Crippen molar-refractivity contribution in [2.75, 3.05) is 23.0 Å². The largest absolute Gasteiger partial charge is 0.462 e. The van der Waals surface area contributed by atoms with Gasteiger partial charge in [-0.15, -0.1) is 0 Å². The van der Waals surface area contributed by atoms with Gasteiger partial charge in [-0.1, -0.05) is 17.7 Å². The summed E-state index contributed by atoms with van der Waals surface area (Å²) in [5.74, 6) is -1.57. The summed E-state index contributed by atoms with van der Waals surface area (Å²) in [7, 11) is 0. The lowest BCUT2D eigenvalue weighted by atomic mass is 10.0. The van der Waals surface area contributed by atoms with Gasteiger partial charge in [0.05, 0.1) is 34.1 Å². The average Bonchev–Trinajstić information content (AvgIpc) is 3.22. The van der Waals surface area contributed by atoms with Crippen LogP contribution in [0.2, 0.25) is 5.02 Å². The first-order chi connectivity index (χ1) is 17.5. The van der Waals surface area contributed by atoms with Crippen LogP contribution in [0.5, 0.6) is 0 Å². The fourth-order valence-electron chi connectivity index (χ4n) is 3.54. The summed E-state index contributed by atoms with van der Waals surface area (Å²) in [5, 5.41) is 8.24. The number of nitrogens with one attached hydrogen (secondary N) is 2. The molecule has 4 N–H and O–H groups in total. The molecule has 0 bridgehead atoms. The summed E-state index contributed by atoms with van der Waals surface area (Å²) < 4.78 is 60.3. The predicted octanol–water partition coefficient (Wildman–Crippen LogP) is 5.61. The van der Waals surface area contributed by atoms with E-state index in [-0.39, 0.29) is 51.0 Å². The van der Waals surface area contributed by atoms with Crippen molar-refractivity contribution in [1.29, 1.82) is 0 Å². The lowest BCUT2D eigenvalue weighted by Crippen LogP contribution is -2.20. The van der Waals surface area contributed by atoms with Gasteiger partial charge in [-0.3, -0.25) is 0 Å². The molecule has 9 nitrogen and oxygen atoms in total. The Kier molecular flexibility index (Phi) is 6.90. The Bertz CT molecular complexity index is 1520. The highest BCUT2D eigenvalue weighted by molar-refractivity contribution is 6.33. The van der Waals surface area contributed by atoms with E-state index < -0.39 is 29.6 Å². The topological polar surface area (TPSA) is 124 Å². The number of esters is 1. The van der Waals surface area contributed by atoms with Gasteiger partial charge in [0.25, 0.3) is 0 Å². The molecule has 0 saturated heterocycles. The Morgan fingerprint density at radius 1 is 1.14 bits per heavy atom. The molecule has 2 aromatic heterocycles. The molecule has 4 rings (SSSR count). The van der Waals surface area contributed by atoms with Gasteiger partial charge in [0, 0.05) is 11.8 Å². The van der Waals surface area contributed by atoms with E-state index in [1.54, 1.807) is 6.92 Å². The molecule has 0 fully saturated rings. The number of ether oxygens (including phenoxy) is 1. The van der Waals surface area contributed by atoms with Crippen LogP contribution in [0.3, 0.4) is 0 Å². The van der Waals surface area contributed by atoms with Gasteiger partial charge in [-0.05, 0) is 42.8 Å². The van der Waals surface area contributed by atoms with Crippen LogP contribution in [-0.2, 0) is 10.9 Å². The third-order valence-electron chi connectivity index (χ3n) is 5.15. The zero-order valence-corrected chi connectivity index (χ0v) is 19.6. The number of rotatable bonds is 5. The van der Waals surface area contributed by atoms with Crippen molar-refractivity contribution in [3.63, 3.8) is 0 Å². The Morgan fingerprint density at radius 2 is 1.86 bits per heavy atom. The Labute approximate surface area is 211 Å². The van der Waals surface area contributed by atoms with Gasteiger partial charge in [-0.25, -0.2) is 23.5 Å². The predicted molar refractivity (Wildman–Crippen MR) is 128 cm³/mol. The first-order valence-corrected chi connectivity index (χ1v) is 10.9. The molecule has 2 amide bonds. The molecule has 192 valence electrons. The fourth-order valence-corrected chi connectivity index (χ4v) is 3.70. The molecule has 0 unspecified atom stereocenters. The number of urea groups is 1. The van der Waals surface area contributed by atoms with Crippen molar-refractivity contribution in [1.82, 2.24) is 14.6 Å². The molecule has 0 aliphatic rings. The molecule has 0 spiro atoms. The summed E-state index contributed by atoms with van der Waals surface area (Å²) in [6, 6.07) is 5.01. The van der Waals surface area contributed by atoms with Crippen molar-refractivity contribution < 1.29 is 31.9 Å². The molecule has 37 heavy (non-hydrogen) atoms. The van der Waals surface area contributed by atoms with Gasteiger partial charge >= 0.3 is 18.2 Å². The molecule has 0 aliphatic heterocycles. The van der Waals surface area contributed by atoms with Gasteiger partial charge in [-0.2, -0.15) is 18.3 Å². The highest BCUT2D eigenvalue weighted by Crippen LogP contribution is 2.36. The van der Waals surface area contributed by atoms with E-state index in [9.17, 15) is 22.8 Å². The van der Waals surface area contributed by atoms with Crippen LogP contribution in [-0.4, -0.2) is 33.2 Å². The zero-order valence-electron chi connectivity index (χ0n) is 18.9. The number of carbonyl (C=O) groups is 2. The highest BCUT2D eigenvalue weighted by atomic mass is 35.5. The second kappa shape index (κ2) is 9.93. The van der Waals surface area contributed by atoms with Crippen LogP contribution in [0, 0.1) is 5.82 Å². The van der Waals surface area contributed by atoms with Crippen molar-refractivity contribution in [3.05, 3.63) is 70.9 Å². The van der Waals surface area contributed by atoms with Crippen LogP contribution >= 0.6 is 11.6 Å². The van der Waals surface area contributed by atoms with Crippen molar-refractivity contribution in [2.24, 2.45) is 0 Å². The molecule has 4 aromatic rings. The zero-order chi connectivity index (χ0) is 26.9. The summed E-state index contributed by atoms with van der Waals surface area (Å²) in [6.07, 6.45) is -2.10. The number of nitrogens with two attached hydrogens (primary N) is 1. The minimum absolute atomic E-state index is 0.0282. The number of hydrogen-bond donors (Lipinski definition) is 3. The number of amides is 2. The van der Waals surface area contributed by atoms with Crippen LogP contribution in [0.1, 0.15) is 22.8 Å².